The summed E-state index contributed by atoms with van der Waals surface area (Å²) in [5.74, 6) is 1.52. The van der Waals surface area contributed by atoms with Gasteiger partial charge in [0.25, 0.3) is 5.91 Å². The molecular formula is C19H23NO4. The lowest BCUT2D eigenvalue weighted by Crippen LogP contribution is -2.23. The van der Waals surface area contributed by atoms with Crippen molar-refractivity contribution in [1.82, 2.24) is 5.32 Å². The Hall–Kier alpha value is -2.69. The van der Waals surface area contributed by atoms with Gasteiger partial charge in [-0.15, -0.1) is 0 Å². The molecule has 0 radical (unpaired) electrons. The van der Waals surface area contributed by atoms with Crippen molar-refractivity contribution in [3.05, 3.63) is 52.6 Å². The van der Waals surface area contributed by atoms with Crippen molar-refractivity contribution in [2.75, 3.05) is 21.3 Å². The van der Waals surface area contributed by atoms with Crippen molar-refractivity contribution < 1.29 is 19.0 Å². The molecule has 0 atom stereocenters. The number of methoxy groups -OCH3 is 3. The molecule has 1 amide bonds. The molecule has 2 rings (SSSR count). The van der Waals surface area contributed by atoms with E-state index in [1.807, 2.05) is 38.1 Å². The van der Waals surface area contributed by atoms with Crippen LogP contribution in [0.4, 0.5) is 0 Å². The fourth-order valence-corrected chi connectivity index (χ4v) is 2.46. The smallest absolute Gasteiger partial charge is 0.251 e. The predicted octanol–water partition coefficient (Wildman–Crippen LogP) is 3.26. The Bertz CT molecular complexity index is 740. The minimum absolute atomic E-state index is 0.130. The molecule has 5 heteroatoms. The van der Waals surface area contributed by atoms with Crippen LogP contribution in [0.1, 0.15) is 27.0 Å². The zero-order valence-electron chi connectivity index (χ0n) is 14.7. The molecule has 0 aromatic heterocycles. The molecule has 0 spiro atoms. The monoisotopic (exact) mass is 329 g/mol. The van der Waals surface area contributed by atoms with E-state index in [0.717, 1.165) is 16.7 Å². The average Bonchev–Trinajstić information content (AvgIpc) is 2.60. The van der Waals surface area contributed by atoms with E-state index in [2.05, 4.69) is 5.32 Å². The van der Waals surface area contributed by atoms with Crippen LogP contribution in [0.25, 0.3) is 0 Å². The second-order valence-electron chi connectivity index (χ2n) is 5.48. The quantitative estimate of drug-likeness (QED) is 0.884. The molecule has 0 unspecified atom stereocenters. The van der Waals surface area contributed by atoms with Crippen LogP contribution in [0.2, 0.25) is 0 Å². The molecule has 0 aliphatic carbocycles. The largest absolute Gasteiger partial charge is 0.493 e. The van der Waals surface area contributed by atoms with Crippen molar-refractivity contribution in [2.45, 2.75) is 20.4 Å². The molecule has 0 bridgehead atoms. The maximum Gasteiger partial charge on any atom is 0.251 e. The minimum atomic E-state index is -0.130. The van der Waals surface area contributed by atoms with E-state index in [0.29, 0.717) is 29.4 Å². The summed E-state index contributed by atoms with van der Waals surface area (Å²) in [6.45, 7) is 4.34. The van der Waals surface area contributed by atoms with Crippen LogP contribution in [0.5, 0.6) is 17.2 Å². The first-order chi connectivity index (χ1) is 11.5. The Morgan fingerprint density at radius 1 is 0.917 bits per heavy atom. The molecule has 0 fully saturated rings. The van der Waals surface area contributed by atoms with Gasteiger partial charge < -0.3 is 19.5 Å². The standard InChI is InChI=1S/C19H23NO4/c1-12-6-7-14(10-13(12)2)19(21)20-11-15-8-9-16(22-3)18(24-5)17(15)23-4/h6-10H,11H2,1-5H3,(H,20,21). The average molecular weight is 329 g/mol. The number of hydrogen-bond donors (Lipinski definition) is 1. The normalized spacial score (nSPS) is 10.2. The molecule has 0 heterocycles. The first-order valence-corrected chi connectivity index (χ1v) is 7.65. The molecular weight excluding hydrogens is 306 g/mol. The predicted molar refractivity (Wildman–Crippen MR) is 93.2 cm³/mol. The minimum Gasteiger partial charge on any atom is -0.493 e. The Balaban J connectivity index is 2.19. The summed E-state index contributed by atoms with van der Waals surface area (Å²) in [6, 6.07) is 9.29. The molecule has 128 valence electrons. The van der Waals surface area contributed by atoms with Crippen molar-refractivity contribution in [3.63, 3.8) is 0 Å². The van der Waals surface area contributed by atoms with Gasteiger partial charge in [0.2, 0.25) is 5.75 Å². The van der Waals surface area contributed by atoms with E-state index in [1.54, 1.807) is 27.4 Å². The van der Waals surface area contributed by atoms with Crippen molar-refractivity contribution >= 4 is 5.91 Å². The van der Waals surface area contributed by atoms with Gasteiger partial charge in [-0.2, -0.15) is 0 Å². The number of aryl methyl sites for hydroxylation is 2. The van der Waals surface area contributed by atoms with Crippen LogP contribution in [-0.2, 0) is 6.54 Å². The van der Waals surface area contributed by atoms with Gasteiger partial charge in [0.05, 0.1) is 21.3 Å². The second kappa shape index (κ2) is 7.73. The fraction of sp³-hybridized carbons (Fsp3) is 0.316. The number of ether oxygens (including phenoxy) is 3. The lowest BCUT2D eigenvalue weighted by Gasteiger charge is -2.16. The molecule has 2 aromatic carbocycles. The number of nitrogens with one attached hydrogen (secondary N) is 1. The van der Waals surface area contributed by atoms with Gasteiger partial charge in [-0.3, -0.25) is 4.79 Å². The van der Waals surface area contributed by atoms with Gasteiger partial charge in [0.1, 0.15) is 0 Å². The molecule has 5 nitrogen and oxygen atoms in total. The van der Waals surface area contributed by atoms with Crippen LogP contribution in [-0.4, -0.2) is 27.2 Å². The van der Waals surface area contributed by atoms with Crippen LogP contribution in [0, 0.1) is 13.8 Å². The highest BCUT2D eigenvalue weighted by Gasteiger charge is 2.16. The highest BCUT2D eigenvalue weighted by Crippen LogP contribution is 2.39. The van der Waals surface area contributed by atoms with Crippen LogP contribution in [0.15, 0.2) is 30.3 Å². The highest BCUT2D eigenvalue weighted by molar-refractivity contribution is 5.94. The topological polar surface area (TPSA) is 56.8 Å². The van der Waals surface area contributed by atoms with Crippen molar-refractivity contribution in [2.24, 2.45) is 0 Å². The first-order valence-electron chi connectivity index (χ1n) is 7.65. The number of benzene rings is 2. The third kappa shape index (κ3) is 3.62. The van der Waals surface area contributed by atoms with Gasteiger partial charge in [0.15, 0.2) is 11.5 Å². The van der Waals surface area contributed by atoms with Crippen LogP contribution >= 0.6 is 0 Å². The number of hydrogen-bond acceptors (Lipinski definition) is 4. The summed E-state index contributed by atoms with van der Waals surface area (Å²) in [7, 11) is 4.68. The Morgan fingerprint density at radius 2 is 1.62 bits per heavy atom. The number of amides is 1. The summed E-state index contributed by atoms with van der Waals surface area (Å²) in [6.07, 6.45) is 0. The van der Waals surface area contributed by atoms with E-state index in [4.69, 9.17) is 14.2 Å². The van der Waals surface area contributed by atoms with Gasteiger partial charge in [-0.1, -0.05) is 6.07 Å². The van der Waals surface area contributed by atoms with Gasteiger partial charge in [0, 0.05) is 17.7 Å². The number of carbonyl (C=O) groups is 1. The summed E-state index contributed by atoms with van der Waals surface area (Å²) in [4.78, 5) is 12.4. The summed E-state index contributed by atoms with van der Waals surface area (Å²) in [5.41, 5.74) is 3.70. The summed E-state index contributed by atoms with van der Waals surface area (Å²) >= 11 is 0. The zero-order chi connectivity index (χ0) is 17.7. The van der Waals surface area contributed by atoms with E-state index in [1.165, 1.54) is 0 Å². The molecule has 0 aliphatic heterocycles. The van der Waals surface area contributed by atoms with E-state index in [-0.39, 0.29) is 5.91 Å². The Labute approximate surface area is 142 Å². The molecule has 2 aromatic rings. The highest BCUT2D eigenvalue weighted by atomic mass is 16.5. The fourth-order valence-electron chi connectivity index (χ4n) is 2.46. The maximum atomic E-state index is 12.4. The Kier molecular flexibility index (Phi) is 5.68. The van der Waals surface area contributed by atoms with E-state index < -0.39 is 0 Å². The third-order valence-electron chi connectivity index (χ3n) is 3.99. The van der Waals surface area contributed by atoms with E-state index in [9.17, 15) is 4.79 Å². The van der Waals surface area contributed by atoms with Crippen LogP contribution in [0.3, 0.4) is 0 Å². The van der Waals surface area contributed by atoms with Gasteiger partial charge in [-0.05, 0) is 49.2 Å². The van der Waals surface area contributed by atoms with Gasteiger partial charge >= 0.3 is 0 Å². The maximum absolute atomic E-state index is 12.4. The number of rotatable bonds is 6. The van der Waals surface area contributed by atoms with Crippen molar-refractivity contribution in [1.29, 1.82) is 0 Å². The third-order valence-corrected chi connectivity index (χ3v) is 3.99. The molecule has 1 N–H and O–H groups in total. The molecule has 24 heavy (non-hydrogen) atoms. The zero-order valence-corrected chi connectivity index (χ0v) is 14.7. The molecule has 0 saturated heterocycles. The van der Waals surface area contributed by atoms with Gasteiger partial charge in [-0.25, -0.2) is 0 Å². The SMILES string of the molecule is COc1ccc(CNC(=O)c2ccc(C)c(C)c2)c(OC)c1OC. The Morgan fingerprint density at radius 3 is 2.21 bits per heavy atom. The summed E-state index contributed by atoms with van der Waals surface area (Å²) < 4.78 is 16.0. The van der Waals surface area contributed by atoms with E-state index >= 15 is 0 Å². The number of carbonyl (C=O) groups excluding carboxylic acids is 1. The van der Waals surface area contributed by atoms with Crippen molar-refractivity contribution in [3.8, 4) is 17.2 Å². The second-order valence-corrected chi connectivity index (χ2v) is 5.48. The molecule has 0 saturated carbocycles. The first kappa shape index (κ1) is 17.7. The lowest BCUT2D eigenvalue weighted by molar-refractivity contribution is 0.0950. The van der Waals surface area contributed by atoms with Crippen LogP contribution < -0.4 is 19.5 Å². The lowest BCUT2D eigenvalue weighted by atomic mass is 10.1. The summed E-state index contributed by atoms with van der Waals surface area (Å²) in [5, 5.41) is 2.91. The molecule has 0 aliphatic rings.